The Morgan fingerprint density at radius 2 is 1.95 bits per heavy atom. The number of rotatable bonds is 6. The molecule has 38 heavy (non-hydrogen) atoms. The normalized spacial score (nSPS) is 19.8. The van der Waals surface area contributed by atoms with Crippen molar-refractivity contribution in [3.8, 4) is 0 Å². The maximum absolute atomic E-state index is 14.8. The largest absolute Gasteiger partial charge is 0.469 e. The molecule has 0 radical (unpaired) electrons. The highest BCUT2D eigenvalue weighted by molar-refractivity contribution is 5.96. The van der Waals surface area contributed by atoms with Gasteiger partial charge >= 0.3 is 12.1 Å². The number of alkyl halides is 3. The highest BCUT2D eigenvalue weighted by Gasteiger charge is 2.48. The number of aromatic nitrogens is 3. The second-order valence-electron chi connectivity index (χ2n) is 9.48. The molecule has 0 aliphatic carbocycles. The Labute approximate surface area is 216 Å². The Morgan fingerprint density at radius 3 is 2.58 bits per heavy atom. The number of nitrogens with one attached hydrogen (secondary N) is 2. The Bertz CT molecular complexity index is 1340. The topological polar surface area (TPSA) is 100 Å². The number of anilines is 2. The first-order valence-electron chi connectivity index (χ1n) is 11.9. The Balaban J connectivity index is 1.59. The van der Waals surface area contributed by atoms with Gasteiger partial charge in [-0.2, -0.15) is 18.3 Å². The number of pyridine rings is 1. The first-order valence-corrected chi connectivity index (χ1v) is 11.9. The predicted molar refractivity (Wildman–Crippen MR) is 130 cm³/mol. The number of piperidine rings is 1. The number of methoxy groups -OCH3 is 1. The summed E-state index contributed by atoms with van der Waals surface area (Å²) in [5.41, 5.74) is -1.89. The second-order valence-corrected chi connectivity index (χ2v) is 9.48. The molecule has 1 aromatic carbocycles. The minimum Gasteiger partial charge on any atom is -0.469 e. The van der Waals surface area contributed by atoms with Gasteiger partial charge in [-0.15, -0.1) is 0 Å². The molecule has 1 aliphatic heterocycles. The summed E-state index contributed by atoms with van der Waals surface area (Å²) in [6.45, 7) is 3.45. The van der Waals surface area contributed by atoms with E-state index >= 15 is 0 Å². The second kappa shape index (κ2) is 10.4. The monoisotopic (exact) mass is 533 g/mol. The van der Waals surface area contributed by atoms with Crippen molar-refractivity contribution in [2.75, 3.05) is 19.0 Å². The van der Waals surface area contributed by atoms with Crippen LogP contribution in [0.5, 0.6) is 0 Å². The minimum atomic E-state index is -4.70. The summed E-state index contributed by atoms with van der Waals surface area (Å²) >= 11 is 0. The number of hydrogen-bond donors (Lipinski definition) is 2. The zero-order valence-electron chi connectivity index (χ0n) is 21.0. The molecule has 2 atom stereocenters. The zero-order valence-corrected chi connectivity index (χ0v) is 21.0. The third-order valence-corrected chi connectivity index (χ3v) is 6.78. The molecule has 1 aliphatic rings. The summed E-state index contributed by atoms with van der Waals surface area (Å²) in [5.74, 6) is -1.21. The molecule has 12 heteroatoms. The van der Waals surface area contributed by atoms with Crippen LogP contribution in [0.15, 0.2) is 42.5 Å². The van der Waals surface area contributed by atoms with E-state index in [-0.39, 0.29) is 31.5 Å². The standard InChI is InChI=1S/C26H27F4N5O3/c1-15-12-22(34-33-15)32-21-9-8-19(27)20(31-21)14-25(24(37)38-3)10-11-35(16(2)13-25)23(36)17-6-4-5-7-18(17)26(28,29)30/h4-9,12,16H,10-11,13-14H2,1-3H3,(H2,31,32,33,34). The molecule has 1 fully saturated rings. The number of amides is 1. The maximum atomic E-state index is 14.8. The number of likely N-dealkylation sites (tertiary alicyclic amines) is 1. The van der Waals surface area contributed by atoms with Gasteiger partial charge in [0.1, 0.15) is 11.6 Å². The van der Waals surface area contributed by atoms with Gasteiger partial charge in [-0.25, -0.2) is 9.37 Å². The summed E-state index contributed by atoms with van der Waals surface area (Å²) in [4.78, 5) is 31.8. The molecular weight excluding hydrogens is 506 g/mol. The lowest BCUT2D eigenvalue weighted by atomic mass is 9.72. The smallest absolute Gasteiger partial charge is 0.417 e. The third-order valence-electron chi connectivity index (χ3n) is 6.78. The lowest BCUT2D eigenvalue weighted by molar-refractivity contribution is -0.156. The summed E-state index contributed by atoms with van der Waals surface area (Å²) < 4.78 is 60.4. The molecular formula is C26H27F4N5O3. The van der Waals surface area contributed by atoms with Crippen LogP contribution in [0.25, 0.3) is 0 Å². The molecule has 8 nitrogen and oxygen atoms in total. The van der Waals surface area contributed by atoms with Gasteiger partial charge in [-0.1, -0.05) is 12.1 Å². The van der Waals surface area contributed by atoms with E-state index in [4.69, 9.17) is 4.74 Å². The van der Waals surface area contributed by atoms with Gasteiger partial charge in [0.15, 0.2) is 5.82 Å². The summed E-state index contributed by atoms with van der Waals surface area (Å²) in [6, 6.07) is 8.37. The number of carbonyl (C=O) groups is 2. The molecule has 3 heterocycles. The van der Waals surface area contributed by atoms with Crippen LogP contribution in [-0.4, -0.2) is 51.7 Å². The highest BCUT2D eigenvalue weighted by atomic mass is 19.4. The lowest BCUT2D eigenvalue weighted by Crippen LogP contribution is -2.52. The molecule has 202 valence electrons. The van der Waals surface area contributed by atoms with Crippen molar-refractivity contribution >= 4 is 23.5 Å². The minimum absolute atomic E-state index is 0.0158. The number of benzene rings is 1. The van der Waals surface area contributed by atoms with Crippen LogP contribution in [0.3, 0.4) is 0 Å². The van der Waals surface area contributed by atoms with Gasteiger partial charge < -0.3 is 15.0 Å². The highest BCUT2D eigenvalue weighted by Crippen LogP contribution is 2.41. The van der Waals surface area contributed by atoms with Crippen LogP contribution in [0.4, 0.5) is 29.2 Å². The molecule has 2 unspecified atom stereocenters. The van der Waals surface area contributed by atoms with Gasteiger partial charge in [-0.3, -0.25) is 14.7 Å². The SMILES string of the molecule is COC(=O)C1(Cc2nc(Nc3cc(C)[nH]n3)ccc2F)CCN(C(=O)c2ccccc2C(F)(F)F)C(C)C1. The van der Waals surface area contributed by atoms with Gasteiger partial charge in [0.05, 0.1) is 29.3 Å². The van der Waals surface area contributed by atoms with E-state index in [9.17, 15) is 27.2 Å². The van der Waals surface area contributed by atoms with Crippen molar-refractivity contribution in [1.82, 2.24) is 20.1 Å². The van der Waals surface area contributed by atoms with Crippen molar-refractivity contribution < 1.29 is 31.9 Å². The van der Waals surface area contributed by atoms with Gasteiger partial charge in [-0.05, 0) is 51.0 Å². The van der Waals surface area contributed by atoms with Crippen molar-refractivity contribution in [1.29, 1.82) is 0 Å². The van der Waals surface area contributed by atoms with E-state index in [0.717, 1.165) is 17.8 Å². The first kappa shape index (κ1) is 27.1. The van der Waals surface area contributed by atoms with Gasteiger partial charge in [0.2, 0.25) is 0 Å². The average Bonchev–Trinajstić information content (AvgIpc) is 3.29. The van der Waals surface area contributed by atoms with Crippen LogP contribution >= 0.6 is 0 Å². The number of aromatic amines is 1. The van der Waals surface area contributed by atoms with E-state index in [1.807, 2.05) is 6.92 Å². The fourth-order valence-electron chi connectivity index (χ4n) is 4.95. The first-order chi connectivity index (χ1) is 17.9. The van der Waals surface area contributed by atoms with Crippen molar-refractivity contribution in [2.45, 2.75) is 45.3 Å². The average molecular weight is 534 g/mol. The number of esters is 1. The van der Waals surface area contributed by atoms with Crippen molar-refractivity contribution in [2.24, 2.45) is 5.41 Å². The zero-order chi connectivity index (χ0) is 27.7. The summed E-state index contributed by atoms with van der Waals surface area (Å²) in [5, 5.41) is 9.81. The molecule has 0 saturated carbocycles. The van der Waals surface area contributed by atoms with E-state index in [0.29, 0.717) is 11.6 Å². The van der Waals surface area contributed by atoms with Gasteiger partial charge in [0.25, 0.3) is 5.91 Å². The van der Waals surface area contributed by atoms with Crippen LogP contribution in [0, 0.1) is 18.2 Å². The van der Waals surface area contributed by atoms with Crippen LogP contribution in [-0.2, 0) is 22.1 Å². The molecule has 0 spiro atoms. The van der Waals surface area contributed by atoms with E-state index < -0.39 is 46.5 Å². The Morgan fingerprint density at radius 1 is 1.21 bits per heavy atom. The van der Waals surface area contributed by atoms with Crippen LogP contribution < -0.4 is 5.32 Å². The maximum Gasteiger partial charge on any atom is 0.417 e. The number of H-pyrrole nitrogens is 1. The molecule has 1 amide bonds. The van der Waals surface area contributed by atoms with E-state index in [1.165, 1.54) is 36.3 Å². The van der Waals surface area contributed by atoms with Gasteiger partial charge in [0, 0.05) is 30.8 Å². The number of halogens is 4. The fraction of sp³-hybridized carbons (Fsp3) is 0.385. The number of ether oxygens (including phenoxy) is 1. The molecule has 4 rings (SSSR count). The quantitative estimate of drug-likeness (QED) is 0.340. The number of hydrogen-bond acceptors (Lipinski definition) is 6. The van der Waals surface area contributed by atoms with Crippen LogP contribution in [0.2, 0.25) is 0 Å². The fourth-order valence-corrected chi connectivity index (χ4v) is 4.95. The number of nitrogens with zero attached hydrogens (tertiary/aromatic N) is 3. The van der Waals surface area contributed by atoms with Crippen molar-refractivity contribution in [3.05, 3.63) is 70.8 Å². The molecule has 2 N–H and O–H groups in total. The molecule has 0 bridgehead atoms. The molecule has 2 aromatic heterocycles. The predicted octanol–water partition coefficient (Wildman–Crippen LogP) is 5.04. The Kier molecular flexibility index (Phi) is 7.43. The summed E-state index contributed by atoms with van der Waals surface area (Å²) in [6.07, 6.45) is -4.71. The Hall–Kier alpha value is -3.96. The van der Waals surface area contributed by atoms with E-state index in [1.54, 1.807) is 13.0 Å². The third kappa shape index (κ3) is 5.48. The number of aryl methyl sites for hydroxylation is 1. The lowest BCUT2D eigenvalue weighted by Gasteiger charge is -2.44. The van der Waals surface area contributed by atoms with E-state index in [2.05, 4.69) is 20.5 Å². The molecule has 1 saturated heterocycles. The number of carbonyl (C=O) groups excluding carboxylic acids is 2. The van der Waals surface area contributed by atoms with Crippen LogP contribution in [0.1, 0.15) is 47.1 Å². The molecule has 3 aromatic rings. The van der Waals surface area contributed by atoms with Crippen molar-refractivity contribution in [3.63, 3.8) is 0 Å². The summed E-state index contributed by atoms with van der Waals surface area (Å²) in [7, 11) is 1.22.